The summed E-state index contributed by atoms with van der Waals surface area (Å²) in [6, 6.07) is 4.97. The summed E-state index contributed by atoms with van der Waals surface area (Å²) in [5.74, 6) is -0.302. The molecule has 3 rings (SSSR count). The van der Waals surface area contributed by atoms with Gasteiger partial charge in [-0.05, 0) is 38.1 Å². The van der Waals surface area contributed by atoms with Crippen LogP contribution in [0.2, 0.25) is 0 Å². The van der Waals surface area contributed by atoms with Crippen molar-refractivity contribution in [3.05, 3.63) is 18.2 Å². The maximum absolute atomic E-state index is 13.1. The Hall–Kier alpha value is -1.06. The number of alkyl halides is 2. The fourth-order valence-electron chi connectivity index (χ4n) is 3.98. The second-order valence-electron chi connectivity index (χ2n) is 8.36. The molecule has 1 aliphatic heterocycles. The molecular formula is C21H32Cl2N4O3S. The number of nitrogens with zero attached hydrogens (tertiary/aromatic N) is 3. The summed E-state index contributed by atoms with van der Waals surface area (Å²) in [5, 5.41) is 2.93. The fourth-order valence-corrected chi connectivity index (χ4v) is 6.17. The first-order chi connectivity index (χ1) is 14.5. The number of rotatable bonds is 8. The molecule has 1 aromatic rings. The minimum atomic E-state index is -3.66. The van der Waals surface area contributed by atoms with E-state index >= 15 is 0 Å². The highest BCUT2D eigenvalue weighted by atomic mass is 35.5. The highest BCUT2D eigenvalue weighted by Gasteiger charge is 2.68. The Bertz CT molecular complexity index is 929. The number of likely N-dealkylation sites (N-methyl/N-ethyl adjacent to an activating group) is 1. The number of sulfonamides is 1. The summed E-state index contributed by atoms with van der Waals surface area (Å²) in [4.78, 5) is 17.7. The molecule has 174 valence electrons. The molecule has 1 saturated carbocycles. The molecule has 1 unspecified atom stereocenters. The smallest absolute Gasteiger partial charge is 0.243 e. The number of halogens is 2. The number of anilines is 2. The van der Waals surface area contributed by atoms with Crippen LogP contribution in [0.4, 0.5) is 11.4 Å². The van der Waals surface area contributed by atoms with Crippen LogP contribution in [0, 0.1) is 5.41 Å². The molecule has 1 N–H and O–H groups in total. The molecule has 1 aromatic carbocycles. The quantitative estimate of drug-likeness (QED) is 0.565. The van der Waals surface area contributed by atoms with E-state index in [2.05, 4.69) is 22.0 Å². The second kappa shape index (κ2) is 9.06. The zero-order valence-electron chi connectivity index (χ0n) is 18.6. The Labute approximate surface area is 195 Å². The third kappa shape index (κ3) is 4.69. The number of hydrogen-bond acceptors (Lipinski definition) is 5. The van der Waals surface area contributed by atoms with Crippen molar-refractivity contribution >= 4 is 50.5 Å². The largest absolute Gasteiger partial charge is 0.367 e. The second-order valence-corrected chi connectivity index (χ2v) is 11.8. The molecule has 2 fully saturated rings. The van der Waals surface area contributed by atoms with E-state index in [0.717, 1.165) is 38.4 Å². The first-order valence-electron chi connectivity index (χ1n) is 10.8. The third-order valence-corrected chi connectivity index (χ3v) is 9.63. The van der Waals surface area contributed by atoms with Crippen LogP contribution in [0.3, 0.4) is 0 Å². The van der Waals surface area contributed by atoms with E-state index in [4.69, 9.17) is 23.2 Å². The van der Waals surface area contributed by atoms with Crippen LogP contribution >= 0.6 is 23.2 Å². The molecular weight excluding hydrogens is 459 g/mol. The van der Waals surface area contributed by atoms with Crippen molar-refractivity contribution in [2.24, 2.45) is 5.41 Å². The van der Waals surface area contributed by atoms with E-state index in [1.165, 1.54) is 4.31 Å². The van der Waals surface area contributed by atoms with E-state index in [1.807, 2.05) is 0 Å². The maximum atomic E-state index is 13.1. The highest BCUT2D eigenvalue weighted by molar-refractivity contribution is 7.89. The molecule has 0 aromatic heterocycles. The molecule has 0 bridgehead atoms. The first kappa shape index (κ1) is 24.6. The standard InChI is InChI=1S/C21H32Cl2N4O3S/c1-5-25-10-12-26(13-11-25)18-9-8-16(31(29,30)27(6-2)7-3)14-17(18)24-19(28)20(4)15-21(20,22)23/h8-9,14H,5-7,10-13,15H2,1-4H3,(H,24,28). The SMILES string of the molecule is CCN1CCN(c2ccc(S(=O)(=O)N(CC)CC)cc2NC(=O)C2(C)CC2(Cl)Cl)CC1. The van der Waals surface area contributed by atoms with Gasteiger partial charge in [0.1, 0.15) is 4.33 Å². The summed E-state index contributed by atoms with van der Waals surface area (Å²) in [6.45, 7) is 12.6. The lowest BCUT2D eigenvalue weighted by Gasteiger charge is -2.36. The average Bonchev–Trinajstić information content (AvgIpc) is 3.27. The van der Waals surface area contributed by atoms with Crippen molar-refractivity contribution in [2.75, 3.05) is 56.0 Å². The molecule has 1 heterocycles. The van der Waals surface area contributed by atoms with Gasteiger partial charge in [-0.25, -0.2) is 8.42 Å². The van der Waals surface area contributed by atoms with E-state index in [9.17, 15) is 13.2 Å². The van der Waals surface area contributed by atoms with Crippen LogP contribution in [0.1, 0.15) is 34.1 Å². The highest BCUT2D eigenvalue weighted by Crippen LogP contribution is 2.64. The van der Waals surface area contributed by atoms with Gasteiger partial charge in [0.05, 0.1) is 21.7 Å². The lowest BCUT2D eigenvalue weighted by Crippen LogP contribution is -2.46. The molecule has 31 heavy (non-hydrogen) atoms. The lowest BCUT2D eigenvalue weighted by molar-refractivity contribution is -0.120. The molecule has 1 saturated heterocycles. The van der Waals surface area contributed by atoms with Crippen LogP contribution in [-0.4, -0.2) is 73.7 Å². The Morgan fingerprint density at radius 2 is 1.71 bits per heavy atom. The zero-order valence-corrected chi connectivity index (χ0v) is 20.9. The van der Waals surface area contributed by atoms with Crippen LogP contribution < -0.4 is 10.2 Å². The van der Waals surface area contributed by atoms with Crippen molar-refractivity contribution in [1.82, 2.24) is 9.21 Å². The van der Waals surface area contributed by atoms with Gasteiger partial charge in [-0.1, -0.05) is 20.8 Å². The van der Waals surface area contributed by atoms with E-state index < -0.39 is 19.8 Å². The molecule has 10 heteroatoms. The maximum Gasteiger partial charge on any atom is 0.243 e. The van der Waals surface area contributed by atoms with Crippen molar-refractivity contribution in [2.45, 2.75) is 43.3 Å². The predicted octanol–water partition coefficient (Wildman–Crippen LogP) is 3.38. The van der Waals surface area contributed by atoms with E-state index in [-0.39, 0.29) is 10.8 Å². The number of amides is 1. The summed E-state index contributed by atoms with van der Waals surface area (Å²) in [7, 11) is -3.66. The van der Waals surface area contributed by atoms with Crippen molar-refractivity contribution in [3.63, 3.8) is 0 Å². The minimum Gasteiger partial charge on any atom is -0.367 e. The minimum absolute atomic E-state index is 0.159. The average molecular weight is 491 g/mol. The summed E-state index contributed by atoms with van der Waals surface area (Å²) < 4.78 is 26.4. The molecule has 2 aliphatic rings. The monoisotopic (exact) mass is 490 g/mol. The summed E-state index contributed by atoms with van der Waals surface area (Å²) in [5.41, 5.74) is 0.379. The van der Waals surface area contributed by atoms with Crippen molar-refractivity contribution in [1.29, 1.82) is 0 Å². The lowest BCUT2D eigenvalue weighted by atomic mass is 10.1. The van der Waals surface area contributed by atoms with E-state index in [0.29, 0.717) is 25.2 Å². The number of carbonyl (C=O) groups is 1. The van der Waals surface area contributed by atoms with Gasteiger partial charge in [0.25, 0.3) is 0 Å². The first-order valence-corrected chi connectivity index (χ1v) is 13.0. The molecule has 1 aliphatic carbocycles. The van der Waals surface area contributed by atoms with Gasteiger partial charge in [0.2, 0.25) is 15.9 Å². The summed E-state index contributed by atoms with van der Waals surface area (Å²) in [6.07, 6.45) is 0.358. The number of carbonyl (C=O) groups excluding carboxylic acids is 1. The Morgan fingerprint density at radius 3 is 2.19 bits per heavy atom. The number of nitrogens with one attached hydrogen (secondary N) is 1. The van der Waals surface area contributed by atoms with Gasteiger partial charge in [-0.3, -0.25) is 4.79 Å². The number of hydrogen-bond donors (Lipinski definition) is 1. The topological polar surface area (TPSA) is 73.0 Å². The number of benzene rings is 1. The van der Waals surface area contributed by atoms with Gasteiger partial charge >= 0.3 is 0 Å². The van der Waals surface area contributed by atoms with Crippen LogP contribution in [0.25, 0.3) is 0 Å². The van der Waals surface area contributed by atoms with Gasteiger partial charge in [-0.15, -0.1) is 23.2 Å². The molecule has 0 spiro atoms. The zero-order chi connectivity index (χ0) is 23.0. The molecule has 7 nitrogen and oxygen atoms in total. The van der Waals surface area contributed by atoms with Crippen LogP contribution in [-0.2, 0) is 14.8 Å². The Kier molecular flexibility index (Phi) is 7.18. The van der Waals surface area contributed by atoms with Crippen molar-refractivity contribution in [3.8, 4) is 0 Å². The van der Waals surface area contributed by atoms with Gasteiger partial charge in [0, 0.05) is 39.3 Å². The van der Waals surface area contributed by atoms with Crippen molar-refractivity contribution < 1.29 is 13.2 Å². The molecule has 0 radical (unpaired) electrons. The van der Waals surface area contributed by atoms with E-state index in [1.54, 1.807) is 39.0 Å². The van der Waals surface area contributed by atoms with Crippen LogP contribution in [0.15, 0.2) is 23.1 Å². The van der Waals surface area contributed by atoms with Crippen LogP contribution in [0.5, 0.6) is 0 Å². The fraction of sp³-hybridized carbons (Fsp3) is 0.667. The third-order valence-electron chi connectivity index (χ3n) is 6.48. The molecule has 1 amide bonds. The number of piperazine rings is 1. The van der Waals surface area contributed by atoms with Gasteiger partial charge in [0.15, 0.2) is 0 Å². The van der Waals surface area contributed by atoms with Gasteiger partial charge < -0.3 is 15.1 Å². The Morgan fingerprint density at radius 1 is 1.13 bits per heavy atom. The summed E-state index contributed by atoms with van der Waals surface area (Å²) >= 11 is 12.4. The van der Waals surface area contributed by atoms with Gasteiger partial charge in [-0.2, -0.15) is 4.31 Å². The predicted molar refractivity (Wildman–Crippen MR) is 127 cm³/mol. The molecule has 1 atom stereocenters. The Balaban J connectivity index is 1.96. The normalized spacial score (nSPS) is 23.8.